The number of carbonyl (C=O) groups excluding carboxylic acids is 1. The van der Waals surface area contributed by atoms with Crippen LogP contribution in [0.3, 0.4) is 0 Å². The molecule has 2 rings (SSSR count). The largest absolute Gasteiger partial charge is 0.326 e. The fraction of sp³-hybridized carbons (Fsp3) is 0.0714. The monoisotopic (exact) mass is 211 g/mol. The normalized spacial score (nSPS) is 10.1. The predicted molar refractivity (Wildman–Crippen MR) is 65.2 cm³/mol. The van der Waals surface area contributed by atoms with Crippen molar-refractivity contribution in [2.75, 3.05) is 0 Å². The third-order valence-corrected chi connectivity index (χ3v) is 2.62. The Bertz CT molecular complexity index is 506. The standard InChI is InChI=1S/C14H13NO/c15-9-11-5-1-3-7-13(11)14-8-4-2-6-12(14)10-16/h1-8,10H,9,15H2. The zero-order chi connectivity index (χ0) is 11.4. The molecule has 0 aromatic heterocycles. The molecule has 0 aliphatic heterocycles. The second-order valence-corrected chi connectivity index (χ2v) is 3.57. The van der Waals surface area contributed by atoms with Crippen molar-refractivity contribution in [3.05, 3.63) is 59.7 Å². The summed E-state index contributed by atoms with van der Waals surface area (Å²) in [5.41, 5.74) is 9.42. The Hall–Kier alpha value is -1.93. The Labute approximate surface area is 94.7 Å². The summed E-state index contributed by atoms with van der Waals surface area (Å²) in [5.74, 6) is 0. The summed E-state index contributed by atoms with van der Waals surface area (Å²) in [6, 6.07) is 15.4. The molecule has 2 N–H and O–H groups in total. The maximum Gasteiger partial charge on any atom is 0.150 e. The zero-order valence-electron chi connectivity index (χ0n) is 8.89. The van der Waals surface area contributed by atoms with Crippen molar-refractivity contribution in [3.63, 3.8) is 0 Å². The Morgan fingerprint density at radius 3 is 2.25 bits per heavy atom. The highest BCUT2D eigenvalue weighted by Gasteiger charge is 2.06. The van der Waals surface area contributed by atoms with E-state index in [4.69, 9.17) is 5.73 Å². The fourth-order valence-electron chi connectivity index (χ4n) is 1.81. The van der Waals surface area contributed by atoms with Crippen molar-refractivity contribution in [1.29, 1.82) is 0 Å². The Morgan fingerprint density at radius 1 is 0.938 bits per heavy atom. The first-order valence-corrected chi connectivity index (χ1v) is 5.19. The van der Waals surface area contributed by atoms with E-state index in [1.165, 1.54) is 0 Å². The van der Waals surface area contributed by atoms with Gasteiger partial charge in [-0.2, -0.15) is 0 Å². The minimum Gasteiger partial charge on any atom is -0.326 e. The third-order valence-electron chi connectivity index (χ3n) is 2.62. The van der Waals surface area contributed by atoms with Crippen molar-refractivity contribution in [1.82, 2.24) is 0 Å². The maximum absolute atomic E-state index is 11.0. The second-order valence-electron chi connectivity index (χ2n) is 3.57. The van der Waals surface area contributed by atoms with Crippen molar-refractivity contribution < 1.29 is 4.79 Å². The molecule has 2 nitrogen and oxygen atoms in total. The molecule has 0 unspecified atom stereocenters. The number of rotatable bonds is 3. The molecule has 0 spiro atoms. The second kappa shape index (κ2) is 4.73. The van der Waals surface area contributed by atoms with E-state index in [2.05, 4.69) is 0 Å². The summed E-state index contributed by atoms with van der Waals surface area (Å²) in [7, 11) is 0. The van der Waals surface area contributed by atoms with Gasteiger partial charge >= 0.3 is 0 Å². The Kier molecular flexibility index (Phi) is 3.13. The molecule has 2 heteroatoms. The van der Waals surface area contributed by atoms with E-state index in [1.807, 2.05) is 48.5 Å². The first-order valence-electron chi connectivity index (χ1n) is 5.19. The van der Waals surface area contributed by atoms with Crippen LogP contribution in [0.1, 0.15) is 15.9 Å². The van der Waals surface area contributed by atoms with Gasteiger partial charge in [-0.15, -0.1) is 0 Å². The molecule has 0 heterocycles. The molecule has 0 fully saturated rings. The lowest BCUT2D eigenvalue weighted by atomic mass is 9.96. The topological polar surface area (TPSA) is 43.1 Å². The van der Waals surface area contributed by atoms with Crippen LogP contribution in [0.2, 0.25) is 0 Å². The van der Waals surface area contributed by atoms with Crippen LogP contribution in [0.25, 0.3) is 11.1 Å². The number of carbonyl (C=O) groups is 1. The van der Waals surface area contributed by atoms with Crippen LogP contribution in [0, 0.1) is 0 Å². The van der Waals surface area contributed by atoms with E-state index in [-0.39, 0.29) is 0 Å². The lowest BCUT2D eigenvalue weighted by Gasteiger charge is -2.09. The smallest absolute Gasteiger partial charge is 0.150 e. The highest BCUT2D eigenvalue weighted by molar-refractivity contribution is 5.88. The summed E-state index contributed by atoms with van der Waals surface area (Å²) in [6.45, 7) is 0.476. The van der Waals surface area contributed by atoms with Gasteiger partial charge in [0.2, 0.25) is 0 Å². The van der Waals surface area contributed by atoms with Gasteiger partial charge < -0.3 is 5.73 Å². The molecule has 2 aromatic carbocycles. The highest BCUT2D eigenvalue weighted by Crippen LogP contribution is 2.25. The molecule has 0 saturated heterocycles. The van der Waals surface area contributed by atoms with E-state index in [0.717, 1.165) is 23.0 Å². The number of hydrogen-bond acceptors (Lipinski definition) is 2. The maximum atomic E-state index is 11.0. The molecular formula is C14H13NO. The number of benzene rings is 2. The van der Waals surface area contributed by atoms with Crippen LogP contribution in [-0.4, -0.2) is 6.29 Å². The molecule has 0 saturated carbocycles. The van der Waals surface area contributed by atoms with E-state index in [0.29, 0.717) is 12.1 Å². The van der Waals surface area contributed by atoms with Gasteiger partial charge in [0.15, 0.2) is 6.29 Å². The summed E-state index contributed by atoms with van der Waals surface area (Å²) in [5, 5.41) is 0. The molecule has 0 aliphatic carbocycles. The summed E-state index contributed by atoms with van der Waals surface area (Å²) in [4.78, 5) is 11.0. The highest BCUT2D eigenvalue weighted by atomic mass is 16.1. The molecule has 2 aromatic rings. The van der Waals surface area contributed by atoms with E-state index < -0.39 is 0 Å². The minimum absolute atomic E-state index is 0.476. The lowest BCUT2D eigenvalue weighted by Crippen LogP contribution is -1.99. The molecule has 0 bridgehead atoms. The Morgan fingerprint density at radius 2 is 1.56 bits per heavy atom. The zero-order valence-corrected chi connectivity index (χ0v) is 8.89. The fourth-order valence-corrected chi connectivity index (χ4v) is 1.81. The third kappa shape index (κ3) is 1.88. The van der Waals surface area contributed by atoms with Crippen LogP contribution < -0.4 is 5.73 Å². The average Bonchev–Trinajstić information content (AvgIpc) is 2.38. The van der Waals surface area contributed by atoms with Crippen LogP contribution in [0.15, 0.2) is 48.5 Å². The summed E-state index contributed by atoms with van der Waals surface area (Å²) < 4.78 is 0. The molecule has 80 valence electrons. The van der Waals surface area contributed by atoms with Crippen LogP contribution >= 0.6 is 0 Å². The van der Waals surface area contributed by atoms with Gasteiger partial charge in [0.05, 0.1) is 0 Å². The average molecular weight is 211 g/mol. The van der Waals surface area contributed by atoms with Gasteiger partial charge in [-0.25, -0.2) is 0 Å². The van der Waals surface area contributed by atoms with E-state index in [9.17, 15) is 4.79 Å². The summed E-state index contributed by atoms with van der Waals surface area (Å²) >= 11 is 0. The molecule has 0 radical (unpaired) electrons. The number of hydrogen-bond donors (Lipinski definition) is 1. The molecule has 0 aliphatic rings. The van der Waals surface area contributed by atoms with Gasteiger partial charge in [0.1, 0.15) is 0 Å². The number of aldehydes is 1. The SMILES string of the molecule is NCc1ccccc1-c1ccccc1C=O. The summed E-state index contributed by atoms with van der Waals surface area (Å²) in [6.07, 6.45) is 0.878. The van der Waals surface area contributed by atoms with Crippen molar-refractivity contribution in [3.8, 4) is 11.1 Å². The molecule has 0 atom stereocenters. The van der Waals surface area contributed by atoms with Gasteiger partial charge in [-0.05, 0) is 16.7 Å². The first-order chi connectivity index (χ1) is 7.86. The lowest BCUT2D eigenvalue weighted by molar-refractivity contribution is 0.112. The van der Waals surface area contributed by atoms with Gasteiger partial charge in [0, 0.05) is 12.1 Å². The molecule has 16 heavy (non-hydrogen) atoms. The quantitative estimate of drug-likeness (QED) is 0.793. The first kappa shape index (κ1) is 10.6. The van der Waals surface area contributed by atoms with Crippen molar-refractivity contribution >= 4 is 6.29 Å². The number of nitrogens with two attached hydrogens (primary N) is 1. The Balaban J connectivity index is 2.62. The van der Waals surface area contributed by atoms with Gasteiger partial charge in [0.25, 0.3) is 0 Å². The predicted octanol–water partition coefficient (Wildman–Crippen LogP) is 2.62. The van der Waals surface area contributed by atoms with E-state index >= 15 is 0 Å². The van der Waals surface area contributed by atoms with Crippen LogP contribution in [0.4, 0.5) is 0 Å². The van der Waals surface area contributed by atoms with Gasteiger partial charge in [-0.3, -0.25) is 4.79 Å². The van der Waals surface area contributed by atoms with Crippen LogP contribution in [-0.2, 0) is 6.54 Å². The van der Waals surface area contributed by atoms with Crippen LogP contribution in [0.5, 0.6) is 0 Å². The molecular weight excluding hydrogens is 198 g/mol. The molecule has 0 amide bonds. The van der Waals surface area contributed by atoms with Crippen molar-refractivity contribution in [2.45, 2.75) is 6.54 Å². The van der Waals surface area contributed by atoms with E-state index in [1.54, 1.807) is 0 Å². The minimum atomic E-state index is 0.476. The van der Waals surface area contributed by atoms with Gasteiger partial charge in [-0.1, -0.05) is 48.5 Å². The van der Waals surface area contributed by atoms with Crippen molar-refractivity contribution in [2.24, 2.45) is 5.73 Å².